The predicted octanol–water partition coefficient (Wildman–Crippen LogP) is 1.57. The van der Waals surface area contributed by atoms with E-state index >= 15 is 0 Å². The molecule has 0 aromatic heterocycles. The van der Waals surface area contributed by atoms with E-state index in [0.29, 0.717) is 12.3 Å². The molecule has 2 atom stereocenters. The monoisotopic (exact) mass is 232 g/mol. The van der Waals surface area contributed by atoms with E-state index in [9.17, 15) is 4.79 Å². The number of amides is 1. The smallest absolute Gasteiger partial charge is 0.221 e. The maximum absolute atomic E-state index is 11.6. The van der Waals surface area contributed by atoms with Gasteiger partial charge in [0.05, 0.1) is 0 Å². The van der Waals surface area contributed by atoms with Gasteiger partial charge in [-0.15, -0.1) is 0 Å². The summed E-state index contributed by atoms with van der Waals surface area (Å²) >= 11 is 0. The first-order valence-corrected chi connectivity index (χ1v) is 6.30. The molecular weight excluding hydrogens is 212 g/mol. The molecule has 3 N–H and O–H groups in total. The SMILES string of the molecule is CCC(N)CC(=O)NCC1Cc2ccccc21. The van der Waals surface area contributed by atoms with Crippen molar-refractivity contribution in [2.75, 3.05) is 6.54 Å². The van der Waals surface area contributed by atoms with Crippen LogP contribution in [0.25, 0.3) is 0 Å². The highest BCUT2D eigenvalue weighted by Crippen LogP contribution is 2.33. The summed E-state index contributed by atoms with van der Waals surface area (Å²) in [5.74, 6) is 0.566. The number of fused-ring (bicyclic) bond motifs is 1. The molecule has 3 nitrogen and oxygen atoms in total. The lowest BCUT2D eigenvalue weighted by atomic mass is 9.77. The summed E-state index contributed by atoms with van der Waals surface area (Å²) in [5, 5.41) is 2.97. The molecule has 2 unspecified atom stereocenters. The van der Waals surface area contributed by atoms with Gasteiger partial charge in [-0.25, -0.2) is 0 Å². The molecule has 0 heterocycles. The Hall–Kier alpha value is -1.35. The number of carbonyl (C=O) groups is 1. The Morgan fingerprint density at radius 2 is 2.29 bits per heavy atom. The molecule has 1 aromatic rings. The lowest BCUT2D eigenvalue weighted by molar-refractivity contribution is -0.121. The molecule has 0 bridgehead atoms. The Kier molecular flexibility index (Phi) is 3.79. The van der Waals surface area contributed by atoms with Gasteiger partial charge in [-0.2, -0.15) is 0 Å². The zero-order valence-electron chi connectivity index (χ0n) is 10.3. The van der Waals surface area contributed by atoms with Gasteiger partial charge in [0.25, 0.3) is 0 Å². The molecule has 1 amide bonds. The summed E-state index contributed by atoms with van der Waals surface area (Å²) in [4.78, 5) is 11.6. The second-order valence-electron chi connectivity index (χ2n) is 4.78. The first-order valence-electron chi connectivity index (χ1n) is 6.30. The van der Waals surface area contributed by atoms with E-state index in [2.05, 4.69) is 29.6 Å². The Morgan fingerprint density at radius 3 is 3.00 bits per heavy atom. The van der Waals surface area contributed by atoms with Crippen LogP contribution in [0.2, 0.25) is 0 Å². The van der Waals surface area contributed by atoms with Crippen LogP contribution in [0.4, 0.5) is 0 Å². The van der Waals surface area contributed by atoms with Crippen LogP contribution in [-0.2, 0) is 11.2 Å². The number of hydrogen-bond donors (Lipinski definition) is 2. The zero-order chi connectivity index (χ0) is 12.3. The van der Waals surface area contributed by atoms with E-state index in [-0.39, 0.29) is 11.9 Å². The Balaban J connectivity index is 1.76. The van der Waals surface area contributed by atoms with Crippen LogP contribution >= 0.6 is 0 Å². The third-order valence-corrected chi connectivity index (χ3v) is 3.48. The fraction of sp³-hybridized carbons (Fsp3) is 0.500. The molecule has 92 valence electrons. The molecule has 0 radical (unpaired) electrons. The molecule has 0 saturated heterocycles. The molecule has 0 aliphatic heterocycles. The summed E-state index contributed by atoms with van der Waals surface area (Å²) < 4.78 is 0. The number of rotatable bonds is 5. The molecule has 2 rings (SSSR count). The van der Waals surface area contributed by atoms with Crippen molar-refractivity contribution < 1.29 is 4.79 Å². The fourth-order valence-electron chi connectivity index (χ4n) is 2.24. The third-order valence-electron chi connectivity index (χ3n) is 3.48. The maximum Gasteiger partial charge on any atom is 0.221 e. The van der Waals surface area contributed by atoms with Crippen molar-refractivity contribution >= 4 is 5.91 Å². The van der Waals surface area contributed by atoms with Crippen molar-refractivity contribution in [3.05, 3.63) is 35.4 Å². The number of nitrogens with two attached hydrogens (primary N) is 1. The average molecular weight is 232 g/mol. The summed E-state index contributed by atoms with van der Waals surface area (Å²) in [5.41, 5.74) is 8.54. The van der Waals surface area contributed by atoms with E-state index in [0.717, 1.165) is 19.4 Å². The topological polar surface area (TPSA) is 55.1 Å². The van der Waals surface area contributed by atoms with E-state index < -0.39 is 0 Å². The number of carbonyl (C=O) groups excluding carboxylic acids is 1. The van der Waals surface area contributed by atoms with Gasteiger partial charge in [-0.1, -0.05) is 31.2 Å². The quantitative estimate of drug-likeness (QED) is 0.809. The summed E-state index contributed by atoms with van der Waals surface area (Å²) in [6, 6.07) is 8.41. The summed E-state index contributed by atoms with van der Waals surface area (Å²) in [7, 11) is 0. The molecular formula is C14H20N2O. The molecule has 1 aliphatic carbocycles. The van der Waals surface area contributed by atoms with E-state index in [4.69, 9.17) is 5.73 Å². The van der Waals surface area contributed by atoms with Gasteiger partial charge in [0.1, 0.15) is 0 Å². The van der Waals surface area contributed by atoms with Crippen LogP contribution in [0.3, 0.4) is 0 Å². The highest BCUT2D eigenvalue weighted by Gasteiger charge is 2.25. The van der Waals surface area contributed by atoms with Crippen molar-refractivity contribution in [1.82, 2.24) is 5.32 Å². The van der Waals surface area contributed by atoms with Crippen molar-refractivity contribution in [3.8, 4) is 0 Å². The third kappa shape index (κ3) is 2.86. The number of benzene rings is 1. The lowest BCUT2D eigenvalue weighted by Gasteiger charge is -2.30. The Bertz CT molecular complexity index is 403. The van der Waals surface area contributed by atoms with Crippen molar-refractivity contribution in [3.63, 3.8) is 0 Å². The fourth-order valence-corrected chi connectivity index (χ4v) is 2.24. The first-order chi connectivity index (χ1) is 8.20. The van der Waals surface area contributed by atoms with Crippen molar-refractivity contribution in [1.29, 1.82) is 0 Å². The molecule has 0 fully saturated rings. The largest absolute Gasteiger partial charge is 0.355 e. The molecule has 1 aromatic carbocycles. The minimum absolute atomic E-state index is 0.0105. The number of nitrogens with one attached hydrogen (secondary N) is 1. The second-order valence-corrected chi connectivity index (χ2v) is 4.78. The van der Waals surface area contributed by atoms with Crippen LogP contribution < -0.4 is 11.1 Å². The summed E-state index contributed by atoms with van der Waals surface area (Å²) in [6.45, 7) is 2.74. The summed E-state index contributed by atoms with van der Waals surface area (Å²) in [6.07, 6.45) is 2.36. The van der Waals surface area contributed by atoms with Gasteiger partial charge < -0.3 is 11.1 Å². The Labute approximate surface area is 102 Å². The van der Waals surface area contributed by atoms with E-state index in [1.165, 1.54) is 11.1 Å². The highest BCUT2D eigenvalue weighted by atomic mass is 16.1. The highest BCUT2D eigenvalue weighted by molar-refractivity contribution is 5.76. The number of hydrogen-bond acceptors (Lipinski definition) is 2. The van der Waals surface area contributed by atoms with Crippen LogP contribution in [0.1, 0.15) is 36.8 Å². The van der Waals surface area contributed by atoms with Crippen LogP contribution in [0.5, 0.6) is 0 Å². The van der Waals surface area contributed by atoms with E-state index in [1.54, 1.807) is 0 Å². The average Bonchev–Trinajstić information content (AvgIpc) is 2.30. The predicted molar refractivity (Wildman–Crippen MR) is 68.8 cm³/mol. The molecule has 1 aliphatic rings. The van der Waals surface area contributed by atoms with Gasteiger partial charge in [0.2, 0.25) is 5.91 Å². The van der Waals surface area contributed by atoms with Crippen LogP contribution in [0, 0.1) is 0 Å². The molecule has 3 heteroatoms. The van der Waals surface area contributed by atoms with Gasteiger partial charge in [0, 0.05) is 24.9 Å². The van der Waals surface area contributed by atoms with Crippen LogP contribution in [0.15, 0.2) is 24.3 Å². The Morgan fingerprint density at radius 1 is 1.53 bits per heavy atom. The van der Waals surface area contributed by atoms with Crippen LogP contribution in [-0.4, -0.2) is 18.5 Å². The normalized spacial score (nSPS) is 19.1. The second kappa shape index (κ2) is 5.32. The van der Waals surface area contributed by atoms with Gasteiger partial charge in [0.15, 0.2) is 0 Å². The van der Waals surface area contributed by atoms with E-state index in [1.807, 2.05) is 6.92 Å². The minimum Gasteiger partial charge on any atom is -0.355 e. The van der Waals surface area contributed by atoms with Gasteiger partial charge in [-0.3, -0.25) is 4.79 Å². The van der Waals surface area contributed by atoms with Crippen molar-refractivity contribution in [2.24, 2.45) is 5.73 Å². The molecule has 0 saturated carbocycles. The minimum atomic E-state index is -0.0105. The standard InChI is InChI=1S/C14H20N2O/c1-2-12(15)8-14(17)16-9-11-7-10-5-3-4-6-13(10)11/h3-6,11-12H,2,7-9,15H2,1H3,(H,16,17). The lowest BCUT2D eigenvalue weighted by Crippen LogP contribution is -2.36. The molecule has 17 heavy (non-hydrogen) atoms. The van der Waals surface area contributed by atoms with Gasteiger partial charge >= 0.3 is 0 Å². The zero-order valence-corrected chi connectivity index (χ0v) is 10.3. The molecule has 0 spiro atoms. The maximum atomic E-state index is 11.6. The first kappa shape index (κ1) is 12.1. The van der Waals surface area contributed by atoms with Gasteiger partial charge in [-0.05, 0) is 24.0 Å². The van der Waals surface area contributed by atoms with Crippen molar-refractivity contribution in [2.45, 2.75) is 38.1 Å².